The number of methoxy groups -OCH3 is 1. The van der Waals surface area contributed by atoms with Crippen molar-refractivity contribution in [2.75, 3.05) is 19.5 Å². The molecule has 0 saturated carbocycles. The summed E-state index contributed by atoms with van der Waals surface area (Å²) < 4.78 is 5.03. The molecular formula is C13H20N2O2S. The molecule has 0 aliphatic rings. The summed E-state index contributed by atoms with van der Waals surface area (Å²) in [6.07, 6.45) is 1.55. The third-order valence-corrected chi connectivity index (χ3v) is 3.87. The summed E-state index contributed by atoms with van der Waals surface area (Å²) in [6, 6.07) is 10.1. The summed E-state index contributed by atoms with van der Waals surface area (Å²) >= 11 is 1.81. The molecule has 0 radical (unpaired) electrons. The van der Waals surface area contributed by atoms with Crippen LogP contribution in [0.4, 0.5) is 0 Å². The molecule has 18 heavy (non-hydrogen) atoms. The number of thioether (sulfide) groups is 1. The van der Waals surface area contributed by atoms with E-state index < -0.39 is 0 Å². The average Bonchev–Trinajstić information content (AvgIpc) is 2.43. The molecule has 0 aromatic heterocycles. The van der Waals surface area contributed by atoms with Gasteiger partial charge in [-0.05, 0) is 17.7 Å². The van der Waals surface area contributed by atoms with Gasteiger partial charge in [0.2, 0.25) is 0 Å². The van der Waals surface area contributed by atoms with E-state index in [0.717, 1.165) is 18.8 Å². The van der Waals surface area contributed by atoms with E-state index in [1.807, 2.05) is 18.2 Å². The van der Waals surface area contributed by atoms with E-state index in [-0.39, 0.29) is 11.1 Å². The van der Waals surface area contributed by atoms with Crippen LogP contribution in [0.25, 0.3) is 0 Å². The largest absolute Gasteiger partial charge is 0.409 e. The fourth-order valence-corrected chi connectivity index (χ4v) is 2.81. The SMILES string of the molecule is COCCCSC(CC(N)=NO)c1ccccc1. The lowest BCUT2D eigenvalue weighted by molar-refractivity contribution is 0.200. The molecule has 1 aromatic carbocycles. The first-order valence-corrected chi connectivity index (χ1v) is 6.94. The van der Waals surface area contributed by atoms with E-state index in [1.54, 1.807) is 18.9 Å². The van der Waals surface area contributed by atoms with E-state index in [0.29, 0.717) is 6.42 Å². The lowest BCUT2D eigenvalue weighted by atomic mass is 10.1. The molecular weight excluding hydrogens is 248 g/mol. The van der Waals surface area contributed by atoms with Gasteiger partial charge in [0.15, 0.2) is 0 Å². The molecule has 5 heteroatoms. The maximum atomic E-state index is 8.67. The van der Waals surface area contributed by atoms with Gasteiger partial charge in [-0.15, -0.1) is 0 Å². The van der Waals surface area contributed by atoms with Crippen molar-refractivity contribution in [2.45, 2.75) is 18.1 Å². The molecule has 3 N–H and O–H groups in total. The Hall–Kier alpha value is -1.20. The molecule has 1 aromatic rings. The number of hydrogen-bond acceptors (Lipinski definition) is 4. The minimum absolute atomic E-state index is 0.221. The predicted octanol–water partition coefficient (Wildman–Crippen LogP) is 2.63. The molecule has 0 spiro atoms. The standard InChI is InChI=1S/C13H20N2O2S/c1-17-8-5-9-18-12(10-13(14)15-16)11-6-3-2-4-7-11/h2-4,6-7,12,16H,5,8-10H2,1H3,(H2,14,15). The Morgan fingerprint density at radius 1 is 1.44 bits per heavy atom. The van der Waals surface area contributed by atoms with Gasteiger partial charge in [0.05, 0.1) is 0 Å². The lowest BCUT2D eigenvalue weighted by Gasteiger charge is -2.16. The highest BCUT2D eigenvalue weighted by Crippen LogP contribution is 2.32. The number of amidine groups is 1. The Labute approximate surface area is 112 Å². The van der Waals surface area contributed by atoms with Crippen LogP contribution in [0.2, 0.25) is 0 Å². The quantitative estimate of drug-likeness (QED) is 0.250. The van der Waals surface area contributed by atoms with Gasteiger partial charge in [0.25, 0.3) is 0 Å². The number of hydrogen-bond donors (Lipinski definition) is 2. The first-order valence-electron chi connectivity index (χ1n) is 5.89. The number of rotatable bonds is 8. The average molecular weight is 268 g/mol. The highest BCUT2D eigenvalue weighted by Gasteiger charge is 2.13. The molecule has 0 aliphatic heterocycles. The minimum Gasteiger partial charge on any atom is -0.409 e. The van der Waals surface area contributed by atoms with Crippen LogP contribution >= 0.6 is 11.8 Å². The Morgan fingerprint density at radius 2 is 2.17 bits per heavy atom. The van der Waals surface area contributed by atoms with Crippen molar-refractivity contribution in [3.05, 3.63) is 35.9 Å². The van der Waals surface area contributed by atoms with E-state index in [2.05, 4.69) is 17.3 Å². The van der Waals surface area contributed by atoms with Crippen molar-refractivity contribution in [2.24, 2.45) is 10.9 Å². The number of nitrogens with two attached hydrogens (primary N) is 1. The molecule has 4 nitrogen and oxygen atoms in total. The van der Waals surface area contributed by atoms with Crippen LogP contribution in [0.5, 0.6) is 0 Å². The zero-order valence-corrected chi connectivity index (χ0v) is 11.4. The van der Waals surface area contributed by atoms with Crippen LogP contribution in [-0.4, -0.2) is 30.5 Å². The second-order valence-electron chi connectivity index (χ2n) is 3.91. The van der Waals surface area contributed by atoms with Crippen molar-refractivity contribution < 1.29 is 9.94 Å². The van der Waals surface area contributed by atoms with Gasteiger partial charge < -0.3 is 15.7 Å². The molecule has 100 valence electrons. The van der Waals surface area contributed by atoms with Crippen molar-refractivity contribution >= 4 is 17.6 Å². The van der Waals surface area contributed by atoms with Crippen LogP contribution in [0.1, 0.15) is 23.7 Å². The van der Waals surface area contributed by atoms with Gasteiger partial charge in [0, 0.05) is 25.4 Å². The Bertz CT molecular complexity index is 357. The highest BCUT2D eigenvalue weighted by molar-refractivity contribution is 7.99. The fourth-order valence-electron chi connectivity index (χ4n) is 1.60. The minimum atomic E-state index is 0.221. The lowest BCUT2D eigenvalue weighted by Crippen LogP contribution is -2.15. The third-order valence-electron chi connectivity index (χ3n) is 2.51. The normalized spacial score (nSPS) is 13.5. The summed E-state index contributed by atoms with van der Waals surface area (Å²) in [6.45, 7) is 0.762. The van der Waals surface area contributed by atoms with Gasteiger partial charge in [-0.2, -0.15) is 11.8 Å². The highest BCUT2D eigenvalue weighted by atomic mass is 32.2. The predicted molar refractivity (Wildman–Crippen MR) is 76.2 cm³/mol. The van der Waals surface area contributed by atoms with Crippen LogP contribution in [0.15, 0.2) is 35.5 Å². The van der Waals surface area contributed by atoms with Crippen molar-refractivity contribution in [3.8, 4) is 0 Å². The maximum Gasteiger partial charge on any atom is 0.140 e. The van der Waals surface area contributed by atoms with Gasteiger partial charge in [0.1, 0.15) is 5.84 Å². The Kier molecular flexibility index (Phi) is 7.29. The molecule has 1 unspecified atom stereocenters. The topological polar surface area (TPSA) is 67.8 Å². The Morgan fingerprint density at radius 3 is 2.78 bits per heavy atom. The zero-order valence-electron chi connectivity index (χ0n) is 10.6. The summed E-state index contributed by atoms with van der Waals surface area (Å²) in [5.74, 6) is 1.26. The molecule has 0 aliphatic carbocycles. The molecule has 1 atom stereocenters. The van der Waals surface area contributed by atoms with Gasteiger partial charge in [-0.1, -0.05) is 35.5 Å². The summed E-state index contributed by atoms with van der Waals surface area (Å²) in [7, 11) is 1.70. The maximum absolute atomic E-state index is 8.67. The van der Waals surface area contributed by atoms with Gasteiger partial charge in [-0.3, -0.25) is 0 Å². The molecule has 0 saturated heterocycles. The second kappa shape index (κ2) is 8.83. The van der Waals surface area contributed by atoms with Gasteiger partial charge >= 0.3 is 0 Å². The van der Waals surface area contributed by atoms with Crippen molar-refractivity contribution in [1.29, 1.82) is 0 Å². The number of ether oxygens (including phenoxy) is 1. The molecule has 0 heterocycles. The van der Waals surface area contributed by atoms with E-state index in [4.69, 9.17) is 15.7 Å². The summed E-state index contributed by atoms with van der Waals surface area (Å²) in [4.78, 5) is 0. The van der Waals surface area contributed by atoms with Crippen LogP contribution in [0, 0.1) is 0 Å². The van der Waals surface area contributed by atoms with Crippen LogP contribution in [-0.2, 0) is 4.74 Å². The summed E-state index contributed by atoms with van der Waals surface area (Å²) in [5.41, 5.74) is 6.80. The monoisotopic (exact) mass is 268 g/mol. The van der Waals surface area contributed by atoms with Crippen molar-refractivity contribution in [1.82, 2.24) is 0 Å². The second-order valence-corrected chi connectivity index (χ2v) is 5.22. The first kappa shape index (κ1) is 14.9. The number of nitrogens with zero attached hydrogens (tertiary/aromatic N) is 1. The van der Waals surface area contributed by atoms with E-state index in [9.17, 15) is 0 Å². The molecule has 0 amide bonds. The smallest absolute Gasteiger partial charge is 0.140 e. The Balaban J connectivity index is 2.58. The van der Waals surface area contributed by atoms with Crippen LogP contribution < -0.4 is 5.73 Å². The van der Waals surface area contributed by atoms with Gasteiger partial charge in [-0.25, -0.2) is 0 Å². The summed E-state index contributed by atoms with van der Waals surface area (Å²) in [5, 5.41) is 11.9. The third kappa shape index (κ3) is 5.42. The fraction of sp³-hybridized carbons (Fsp3) is 0.462. The molecule has 0 fully saturated rings. The van der Waals surface area contributed by atoms with E-state index >= 15 is 0 Å². The van der Waals surface area contributed by atoms with Crippen molar-refractivity contribution in [3.63, 3.8) is 0 Å². The molecule has 0 bridgehead atoms. The van der Waals surface area contributed by atoms with Crippen LogP contribution in [0.3, 0.4) is 0 Å². The molecule has 1 rings (SSSR count). The number of oxime groups is 1. The number of benzene rings is 1. The van der Waals surface area contributed by atoms with E-state index in [1.165, 1.54) is 5.56 Å². The zero-order chi connectivity index (χ0) is 13.2. The first-order chi connectivity index (χ1) is 8.77.